The largest absolute Gasteiger partial charge is 0.466 e. The van der Waals surface area contributed by atoms with Crippen LogP contribution in [-0.2, 0) is 57.2 Å². The Morgan fingerprint density at radius 3 is 1.18 bits per heavy atom. The van der Waals surface area contributed by atoms with Crippen molar-refractivity contribution in [3.63, 3.8) is 0 Å². The standard InChI is InChI=1S/C39H56F12O12S3/c1-4-36(44,45)39(50,51)26-63-33(57)13-23-65-20-10-29(53)59-16-8-27(24-61-31(55)11-21-66-22-12-32(56)62-25-38(48,49)35(3,42)43)7-15-58-28(52)6-5-18-64-19-9-30(54)60-17-14-37(46,47)34(2,40)41/h27H,4-26H2,1-3H3. The zero-order chi connectivity index (χ0) is 50.7. The third-order valence-corrected chi connectivity index (χ3v) is 11.8. The molecule has 0 aliphatic heterocycles. The highest BCUT2D eigenvalue weighted by molar-refractivity contribution is 7.99. The predicted molar refractivity (Wildman–Crippen MR) is 219 cm³/mol. The molecule has 0 heterocycles. The van der Waals surface area contributed by atoms with E-state index in [9.17, 15) is 81.5 Å². The van der Waals surface area contributed by atoms with Crippen molar-refractivity contribution in [1.82, 2.24) is 0 Å². The molecule has 0 fully saturated rings. The number of halogens is 12. The van der Waals surface area contributed by atoms with Crippen molar-refractivity contribution in [3.05, 3.63) is 0 Å². The first-order valence-corrected chi connectivity index (χ1v) is 23.9. The van der Waals surface area contributed by atoms with Gasteiger partial charge in [0, 0.05) is 55.5 Å². The molecular weight excluding hydrogens is 985 g/mol. The summed E-state index contributed by atoms with van der Waals surface area (Å²) < 4.78 is 187. The SMILES string of the molecule is CCC(F)(F)C(F)(F)COC(=O)CCSCCC(=O)OCCC(CCOC(=O)CCCSCCC(=O)OCCC(F)(F)C(C)(F)F)COC(=O)CCSCCC(=O)OCC(F)(F)C(C)(F)F. The lowest BCUT2D eigenvalue weighted by molar-refractivity contribution is -0.232. The molecule has 386 valence electrons. The van der Waals surface area contributed by atoms with E-state index in [0.717, 1.165) is 30.4 Å². The monoisotopic (exact) mass is 1040 g/mol. The first kappa shape index (κ1) is 63.0. The molecule has 0 saturated heterocycles. The van der Waals surface area contributed by atoms with Gasteiger partial charge >= 0.3 is 71.4 Å². The third kappa shape index (κ3) is 28.4. The molecule has 0 amide bonds. The quantitative estimate of drug-likeness (QED) is 0.0249. The van der Waals surface area contributed by atoms with Crippen LogP contribution in [0.15, 0.2) is 0 Å². The third-order valence-electron chi connectivity index (χ3n) is 8.75. The molecule has 0 aromatic rings. The second-order valence-corrected chi connectivity index (χ2v) is 18.2. The molecule has 66 heavy (non-hydrogen) atoms. The van der Waals surface area contributed by atoms with E-state index < -0.39 is 116 Å². The Morgan fingerprint density at radius 2 is 0.773 bits per heavy atom. The highest BCUT2D eigenvalue weighted by Gasteiger charge is 2.56. The summed E-state index contributed by atoms with van der Waals surface area (Å²) in [7, 11) is 0. The predicted octanol–water partition coefficient (Wildman–Crippen LogP) is 9.22. The fourth-order valence-electron chi connectivity index (χ4n) is 4.38. The maximum atomic E-state index is 13.5. The minimum absolute atomic E-state index is 0.0139. The molecule has 0 bridgehead atoms. The van der Waals surface area contributed by atoms with E-state index in [1.54, 1.807) is 0 Å². The fraction of sp³-hybridized carbons (Fsp3) is 0.846. The van der Waals surface area contributed by atoms with E-state index in [1.165, 1.54) is 11.8 Å². The van der Waals surface area contributed by atoms with Gasteiger partial charge in [-0.15, -0.1) is 0 Å². The Balaban J connectivity index is 4.77. The highest BCUT2D eigenvalue weighted by atomic mass is 32.2. The number of rotatable bonds is 38. The van der Waals surface area contributed by atoms with Crippen LogP contribution in [0.3, 0.4) is 0 Å². The van der Waals surface area contributed by atoms with E-state index in [4.69, 9.17) is 14.2 Å². The molecule has 0 N–H and O–H groups in total. The van der Waals surface area contributed by atoms with Crippen LogP contribution in [-0.4, -0.2) is 146 Å². The van der Waals surface area contributed by atoms with Crippen molar-refractivity contribution in [2.45, 2.75) is 127 Å². The highest BCUT2D eigenvalue weighted by Crippen LogP contribution is 2.38. The fourth-order valence-corrected chi connectivity index (χ4v) is 6.90. The lowest BCUT2D eigenvalue weighted by Gasteiger charge is -2.24. The van der Waals surface area contributed by atoms with Crippen LogP contribution in [0.2, 0.25) is 0 Å². The van der Waals surface area contributed by atoms with E-state index in [-0.39, 0.29) is 107 Å². The molecule has 0 spiro atoms. The Hall–Kier alpha value is -2.97. The van der Waals surface area contributed by atoms with Crippen molar-refractivity contribution in [3.8, 4) is 0 Å². The average Bonchev–Trinajstić information content (AvgIpc) is 3.21. The Morgan fingerprint density at radius 1 is 0.424 bits per heavy atom. The number of thioether (sulfide) groups is 3. The first-order valence-electron chi connectivity index (χ1n) is 20.4. The maximum Gasteiger partial charge on any atom is 0.343 e. The van der Waals surface area contributed by atoms with Gasteiger partial charge in [0.05, 0.1) is 65.0 Å². The van der Waals surface area contributed by atoms with Crippen molar-refractivity contribution in [2.75, 3.05) is 74.2 Å². The van der Waals surface area contributed by atoms with Gasteiger partial charge in [-0.2, -0.15) is 70.4 Å². The summed E-state index contributed by atoms with van der Waals surface area (Å²) in [5, 5.41) is 0. The summed E-state index contributed by atoms with van der Waals surface area (Å²) in [5.74, 6) is -31.1. The Bertz CT molecular complexity index is 1490. The van der Waals surface area contributed by atoms with Crippen LogP contribution in [0, 0.1) is 5.92 Å². The molecule has 0 aliphatic carbocycles. The molecule has 27 heteroatoms. The summed E-state index contributed by atoms with van der Waals surface area (Å²) in [5.41, 5.74) is 0. The summed E-state index contributed by atoms with van der Waals surface area (Å²) in [6.07, 6.45) is -3.20. The molecule has 1 atom stereocenters. The molecule has 0 aliphatic rings. The zero-order valence-corrected chi connectivity index (χ0v) is 38.9. The van der Waals surface area contributed by atoms with Gasteiger partial charge in [-0.05, 0) is 30.9 Å². The molecule has 0 rings (SSSR count). The van der Waals surface area contributed by atoms with Gasteiger partial charge in [-0.1, -0.05) is 6.92 Å². The van der Waals surface area contributed by atoms with Crippen LogP contribution in [0.25, 0.3) is 0 Å². The summed E-state index contributed by atoms with van der Waals surface area (Å²) in [6, 6.07) is 0. The van der Waals surface area contributed by atoms with Crippen molar-refractivity contribution in [1.29, 1.82) is 0 Å². The zero-order valence-electron chi connectivity index (χ0n) is 36.5. The van der Waals surface area contributed by atoms with Gasteiger partial charge in [0.25, 0.3) is 0 Å². The van der Waals surface area contributed by atoms with Gasteiger partial charge in [0.1, 0.15) is 0 Å². The minimum atomic E-state index is -4.55. The molecular formula is C39H56F12O12S3. The summed E-state index contributed by atoms with van der Waals surface area (Å²) in [6.45, 7) is -4.07. The van der Waals surface area contributed by atoms with Crippen LogP contribution in [0.5, 0.6) is 0 Å². The van der Waals surface area contributed by atoms with E-state index >= 15 is 0 Å². The molecule has 0 aromatic carbocycles. The topological polar surface area (TPSA) is 158 Å². The number of esters is 6. The van der Waals surface area contributed by atoms with Crippen LogP contribution >= 0.6 is 35.3 Å². The van der Waals surface area contributed by atoms with Gasteiger partial charge < -0.3 is 28.4 Å². The second kappa shape index (κ2) is 31.2. The number of hydrogen-bond donors (Lipinski definition) is 0. The van der Waals surface area contributed by atoms with E-state index in [1.807, 2.05) is 0 Å². The smallest absolute Gasteiger partial charge is 0.343 e. The molecule has 0 radical (unpaired) electrons. The summed E-state index contributed by atoms with van der Waals surface area (Å²) >= 11 is 3.36. The molecule has 0 aromatic heterocycles. The lowest BCUT2D eigenvalue weighted by Crippen LogP contribution is -2.44. The first-order chi connectivity index (χ1) is 30.5. The molecule has 0 saturated carbocycles. The van der Waals surface area contributed by atoms with Crippen molar-refractivity contribution >= 4 is 71.1 Å². The van der Waals surface area contributed by atoms with Gasteiger partial charge in [-0.3, -0.25) is 28.8 Å². The Labute approximate surface area is 387 Å². The maximum absolute atomic E-state index is 13.5. The number of alkyl halides is 12. The number of hydrogen-bond acceptors (Lipinski definition) is 15. The van der Waals surface area contributed by atoms with Crippen LogP contribution in [0.1, 0.15) is 91.4 Å². The van der Waals surface area contributed by atoms with Crippen LogP contribution in [0.4, 0.5) is 52.7 Å². The minimum Gasteiger partial charge on any atom is -0.466 e. The van der Waals surface area contributed by atoms with Gasteiger partial charge in [0.15, 0.2) is 13.2 Å². The van der Waals surface area contributed by atoms with Gasteiger partial charge in [-0.25, -0.2) is 17.6 Å². The van der Waals surface area contributed by atoms with E-state index in [2.05, 4.69) is 14.2 Å². The Kier molecular flexibility index (Phi) is 29.8. The van der Waals surface area contributed by atoms with Crippen molar-refractivity contribution in [2.24, 2.45) is 5.92 Å². The van der Waals surface area contributed by atoms with Crippen LogP contribution < -0.4 is 0 Å². The van der Waals surface area contributed by atoms with E-state index in [0.29, 0.717) is 12.2 Å². The average molecular weight is 1040 g/mol. The number of carbonyl (C=O) groups is 6. The van der Waals surface area contributed by atoms with Gasteiger partial charge in [0.2, 0.25) is 0 Å². The normalized spacial score (nSPS) is 13.1. The van der Waals surface area contributed by atoms with Crippen molar-refractivity contribution < 1.29 is 110 Å². The number of ether oxygens (including phenoxy) is 6. The summed E-state index contributed by atoms with van der Waals surface area (Å²) in [4.78, 5) is 71.9. The molecule has 1 unspecified atom stereocenters. The second-order valence-electron chi connectivity index (χ2n) is 14.5. The lowest BCUT2D eigenvalue weighted by atomic mass is 10.0. The number of carbonyl (C=O) groups excluding carboxylic acids is 6. The molecule has 12 nitrogen and oxygen atoms in total.